The van der Waals surface area contributed by atoms with Crippen molar-refractivity contribution in [3.05, 3.63) is 52.6 Å². The molecule has 0 N–H and O–H groups in total. The van der Waals surface area contributed by atoms with Crippen molar-refractivity contribution in [2.75, 3.05) is 11.4 Å². The Morgan fingerprint density at radius 1 is 1.12 bits per heavy atom. The predicted octanol–water partition coefficient (Wildman–Crippen LogP) is 3.34. The predicted molar refractivity (Wildman–Crippen MR) is 103 cm³/mol. The van der Waals surface area contributed by atoms with Crippen LogP contribution in [0.25, 0.3) is 5.78 Å². The quantitative estimate of drug-likeness (QED) is 0.707. The monoisotopic (exact) mass is 351 g/mol. The molecule has 0 aliphatic heterocycles. The summed E-state index contributed by atoms with van der Waals surface area (Å²) in [7, 11) is 0. The highest BCUT2D eigenvalue weighted by Crippen LogP contribution is 2.21. The molecule has 0 saturated heterocycles. The molecule has 0 fully saturated rings. The topological polar surface area (TPSA) is 63.4 Å². The molecule has 2 aromatic heterocycles. The van der Waals surface area contributed by atoms with Gasteiger partial charge in [0.1, 0.15) is 6.33 Å². The zero-order valence-corrected chi connectivity index (χ0v) is 16.1. The number of amides is 1. The van der Waals surface area contributed by atoms with Crippen molar-refractivity contribution in [1.29, 1.82) is 0 Å². The fourth-order valence-corrected chi connectivity index (χ4v) is 3.49. The summed E-state index contributed by atoms with van der Waals surface area (Å²) in [5.41, 5.74) is 6.26. The van der Waals surface area contributed by atoms with Crippen molar-refractivity contribution in [2.24, 2.45) is 0 Å². The van der Waals surface area contributed by atoms with Crippen molar-refractivity contribution in [2.45, 2.75) is 47.5 Å². The summed E-state index contributed by atoms with van der Waals surface area (Å²) in [5.74, 6) is 0.718. The van der Waals surface area contributed by atoms with Crippen LogP contribution in [0, 0.1) is 27.7 Å². The number of anilines is 1. The molecule has 6 heteroatoms. The molecule has 0 bridgehead atoms. The summed E-state index contributed by atoms with van der Waals surface area (Å²) in [6.07, 6.45) is 2.58. The van der Waals surface area contributed by atoms with Crippen molar-refractivity contribution >= 4 is 17.4 Å². The molecular weight excluding hydrogens is 326 g/mol. The van der Waals surface area contributed by atoms with Crippen LogP contribution in [0.1, 0.15) is 41.4 Å². The molecule has 6 nitrogen and oxygen atoms in total. The zero-order valence-electron chi connectivity index (χ0n) is 16.1. The highest BCUT2D eigenvalue weighted by molar-refractivity contribution is 5.93. The SMILES string of the molecule is CCN(C(=O)CCc1c(C)nc2ncnn2c1C)c1cc(C)cc(C)c1. The van der Waals surface area contributed by atoms with Crippen molar-refractivity contribution in [3.8, 4) is 0 Å². The van der Waals surface area contributed by atoms with Gasteiger partial charge in [-0.2, -0.15) is 10.1 Å². The van der Waals surface area contributed by atoms with Gasteiger partial charge in [-0.15, -0.1) is 0 Å². The fraction of sp³-hybridized carbons (Fsp3) is 0.400. The molecule has 0 atom stereocenters. The third-order valence-corrected chi connectivity index (χ3v) is 4.71. The van der Waals surface area contributed by atoms with Crippen LogP contribution in [0.15, 0.2) is 24.5 Å². The zero-order chi connectivity index (χ0) is 18.8. The van der Waals surface area contributed by atoms with Crippen LogP contribution < -0.4 is 4.90 Å². The van der Waals surface area contributed by atoms with Gasteiger partial charge < -0.3 is 4.90 Å². The largest absolute Gasteiger partial charge is 0.313 e. The van der Waals surface area contributed by atoms with Gasteiger partial charge in [-0.25, -0.2) is 9.50 Å². The molecular formula is C20H25N5O. The van der Waals surface area contributed by atoms with Crippen LogP contribution in [-0.4, -0.2) is 32.0 Å². The minimum Gasteiger partial charge on any atom is -0.313 e. The van der Waals surface area contributed by atoms with E-state index >= 15 is 0 Å². The van der Waals surface area contributed by atoms with Crippen LogP contribution in [0.4, 0.5) is 5.69 Å². The van der Waals surface area contributed by atoms with Gasteiger partial charge in [0.25, 0.3) is 5.78 Å². The summed E-state index contributed by atoms with van der Waals surface area (Å²) in [4.78, 5) is 23.4. The van der Waals surface area contributed by atoms with E-state index in [4.69, 9.17) is 0 Å². The van der Waals surface area contributed by atoms with E-state index in [0.29, 0.717) is 25.2 Å². The second-order valence-electron chi connectivity index (χ2n) is 6.72. The minimum atomic E-state index is 0.120. The van der Waals surface area contributed by atoms with E-state index in [1.807, 2.05) is 25.7 Å². The minimum absolute atomic E-state index is 0.120. The number of benzene rings is 1. The third-order valence-electron chi connectivity index (χ3n) is 4.71. The maximum absolute atomic E-state index is 12.9. The van der Waals surface area contributed by atoms with Crippen LogP contribution >= 0.6 is 0 Å². The molecule has 1 amide bonds. The maximum Gasteiger partial charge on any atom is 0.252 e. The number of rotatable bonds is 5. The lowest BCUT2D eigenvalue weighted by atomic mass is 10.1. The van der Waals surface area contributed by atoms with Gasteiger partial charge in [0.05, 0.1) is 0 Å². The van der Waals surface area contributed by atoms with Gasteiger partial charge in [0, 0.05) is 30.0 Å². The Labute approximate surface area is 153 Å². The lowest BCUT2D eigenvalue weighted by molar-refractivity contribution is -0.118. The second-order valence-corrected chi connectivity index (χ2v) is 6.72. The number of carbonyl (C=O) groups excluding carboxylic acids is 1. The molecule has 0 aliphatic rings. The summed E-state index contributed by atoms with van der Waals surface area (Å²) in [6.45, 7) is 10.7. The number of hydrogen-bond acceptors (Lipinski definition) is 4. The molecule has 0 saturated carbocycles. The smallest absolute Gasteiger partial charge is 0.252 e. The Balaban J connectivity index is 1.81. The van der Waals surface area contributed by atoms with E-state index in [2.05, 4.69) is 47.1 Å². The molecule has 0 radical (unpaired) electrons. The molecule has 136 valence electrons. The van der Waals surface area contributed by atoms with Gasteiger partial charge in [0.15, 0.2) is 0 Å². The standard InChI is InChI=1S/C20H25N5O/c1-6-24(17-10-13(2)9-14(3)11-17)19(26)8-7-18-15(4)23-20-21-12-22-25(20)16(18)5/h9-12H,6-8H2,1-5H3. The average Bonchev–Trinajstić information content (AvgIpc) is 3.03. The van der Waals surface area contributed by atoms with Crippen LogP contribution in [0.2, 0.25) is 0 Å². The Morgan fingerprint density at radius 3 is 2.46 bits per heavy atom. The summed E-state index contributed by atoms with van der Waals surface area (Å²) >= 11 is 0. The first-order chi connectivity index (χ1) is 12.4. The summed E-state index contributed by atoms with van der Waals surface area (Å²) in [5, 5.41) is 4.21. The highest BCUT2D eigenvalue weighted by atomic mass is 16.2. The summed E-state index contributed by atoms with van der Waals surface area (Å²) < 4.78 is 1.73. The number of fused-ring (bicyclic) bond motifs is 1. The number of aromatic nitrogens is 4. The van der Waals surface area contributed by atoms with Gasteiger partial charge >= 0.3 is 0 Å². The van der Waals surface area contributed by atoms with Crippen molar-refractivity contribution < 1.29 is 4.79 Å². The Bertz CT molecular complexity index is 940. The van der Waals surface area contributed by atoms with Crippen LogP contribution in [-0.2, 0) is 11.2 Å². The number of aryl methyl sites for hydroxylation is 4. The lowest BCUT2D eigenvalue weighted by Crippen LogP contribution is -2.31. The maximum atomic E-state index is 12.9. The first-order valence-corrected chi connectivity index (χ1v) is 8.95. The van der Waals surface area contributed by atoms with Crippen LogP contribution in [0.3, 0.4) is 0 Å². The van der Waals surface area contributed by atoms with E-state index in [1.165, 1.54) is 17.5 Å². The van der Waals surface area contributed by atoms with Crippen LogP contribution in [0.5, 0.6) is 0 Å². The van der Waals surface area contributed by atoms with E-state index in [9.17, 15) is 4.79 Å². The van der Waals surface area contributed by atoms with Gasteiger partial charge in [-0.1, -0.05) is 6.07 Å². The van der Waals surface area contributed by atoms with E-state index in [0.717, 1.165) is 22.6 Å². The molecule has 2 heterocycles. The number of nitrogens with zero attached hydrogens (tertiary/aromatic N) is 5. The molecule has 0 spiro atoms. The Kier molecular flexibility index (Phi) is 5.02. The van der Waals surface area contributed by atoms with Gasteiger partial charge in [-0.05, 0) is 69.9 Å². The second kappa shape index (κ2) is 7.23. The lowest BCUT2D eigenvalue weighted by Gasteiger charge is -2.22. The molecule has 3 rings (SSSR count). The Hall–Kier alpha value is -2.76. The number of carbonyl (C=O) groups is 1. The highest BCUT2D eigenvalue weighted by Gasteiger charge is 2.17. The first kappa shape index (κ1) is 18.0. The van der Waals surface area contributed by atoms with Crippen molar-refractivity contribution in [3.63, 3.8) is 0 Å². The average molecular weight is 351 g/mol. The van der Waals surface area contributed by atoms with Gasteiger partial charge in [0.2, 0.25) is 5.91 Å². The molecule has 1 aromatic carbocycles. The Morgan fingerprint density at radius 2 is 1.81 bits per heavy atom. The number of hydrogen-bond donors (Lipinski definition) is 0. The summed E-state index contributed by atoms with van der Waals surface area (Å²) in [6, 6.07) is 6.25. The first-order valence-electron chi connectivity index (χ1n) is 8.95. The molecule has 26 heavy (non-hydrogen) atoms. The fourth-order valence-electron chi connectivity index (χ4n) is 3.49. The molecule has 0 unspecified atom stereocenters. The van der Waals surface area contributed by atoms with E-state index in [-0.39, 0.29) is 5.91 Å². The van der Waals surface area contributed by atoms with Crippen molar-refractivity contribution in [1.82, 2.24) is 19.6 Å². The third kappa shape index (κ3) is 3.45. The van der Waals surface area contributed by atoms with Gasteiger partial charge in [-0.3, -0.25) is 4.79 Å². The van der Waals surface area contributed by atoms with E-state index < -0.39 is 0 Å². The van der Waals surface area contributed by atoms with E-state index in [1.54, 1.807) is 4.52 Å². The molecule has 0 aliphatic carbocycles. The normalized spacial score (nSPS) is 11.1. The molecule has 3 aromatic rings.